The maximum absolute atomic E-state index is 6.18. The second-order valence-electron chi connectivity index (χ2n) is 2.32. The Morgan fingerprint density at radius 1 is 1.33 bits per heavy atom. The van der Waals surface area contributed by atoms with Crippen molar-refractivity contribution in [3.8, 4) is 0 Å². The molecule has 0 rings (SSSR count). The van der Waals surface area contributed by atoms with E-state index in [0.717, 1.165) is 6.04 Å². The highest BCUT2D eigenvalue weighted by molar-refractivity contribution is 7.39. The molecular formula is C7H17ClO2Si2. The first-order chi connectivity index (χ1) is 5.76. The minimum absolute atomic E-state index is 0.713. The summed E-state index contributed by atoms with van der Waals surface area (Å²) in [6.45, 7) is 9.04. The lowest BCUT2D eigenvalue weighted by atomic mass is 10.8. The average molecular weight is 225 g/mol. The standard InChI is InChI=1S/C7H17ClO2Si2/c1-4-7-11(8)12(9-5-2)10-6-3/h4,11-12H,1,5-7H2,2-3H3. The molecule has 0 amide bonds. The third-order valence-corrected chi connectivity index (χ3v) is 10.2. The summed E-state index contributed by atoms with van der Waals surface area (Å²) < 4.78 is 11.0. The molecule has 0 N–H and O–H groups in total. The van der Waals surface area contributed by atoms with Gasteiger partial charge in [0.05, 0.1) is 0 Å². The van der Waals surface area contributed by atoms with Gasteiger partial charge in [0.1, 0.15) is 0 Å². The molecule has 0 heterocycles. The van der Waals surface area contributed by atoms with Crippen LogP contribution in [0, 0.1) is 0 Å². The average Bonchev–Trinajstić information content (AvgIpc) is 2.04. The molecule has 0 fully saturated rings. The fourth-order valence-electron chi connectivity index (χ4n) is 0.856. The van der Waals surface area contributed by atoms with Gasteiger partial charge in [-0.2, -0.15) is 11.1 Å². The predicted molar refractivity (Wildman–Crippen MR) is 58.4 cm³/mol. The highest BCUT2D eigenvalue weighted by Crippen LogP contribution is 2.06. The molecule has 72 valence electrons. The van der Waals surface area contributed by atoms with Crippen molar-refractivity contribution >= 4 is 27.5 Å². The van der Waals surface area contributed by atoms with E-state index in [-0.39, 0.29) is 0 Å². The van der Waals surface area contributed by atoms with E-state index < -0.39 is 16.4 Å². The summed E-state index contributed by atoms with van der Waals surface area (Å²) in [7, 11) is -2.82. The molecule has 1 atom stereocenters. The molecule has 0 aliphatic rings. The van der Waals surface area contributed by atoms with Crippen LogP contribution in [0.1, 0.15) is 13.8 Å². The molecule has 0 spiro atoms. The summed E-state index contributed by atoms with van der Waals surface area (Å²) >= 11 is 6.18. The van der Waals surface area contributed by atoms with Gasteiger partial charge in [-0.15, -0.1) is 6.58 Å². The van der Waals surface area contributed by atoms with Crippen molar-refractivity contribution in [1.29, 1.82) is 0 Å². The van der Waals surface area contributed by atoms with Gasteiger partial charge in [-0.05, 0) is 19.9 Å². The minimum Gasteiger partial charge on any atom is -0.399 e. The van der Waals surface area contributed by atoms with Gasteiger partial charge in [0.2, 0.25) is 0 Å². The molecule has 0 aromatic rings. The van der Waals surface area contributed by atoms with Crippen LogP contribution < -0.4 is 0 Å². The molecule has 0 aliphatic heterocycles. The Balaban J connectivity index is 3.80. The predicted octanol–water partition coefficient (Wildman–Crippen LogP) is 1.51. The van der Waals surface area contributed by atoms with Gasteiger partial charge in [-0.1, -0.05) is 6.08 Å². The van der Waals surface area contributed by atoms with E-state index in [2.05, 4.69) is 6.58 Å². The fourth-order valence-corrected chi connectivity index (χ4v) is 7.91. The number of allylic oxidation sites excluding steroid dienone is 1. The Bertz CT molecular complexity index is 118. The first kappa shape index (κ1) is 12.4. The maximum atomic E-state index is 6.18. The van der Waals surface area contributed by atoms with Gasteiger partial charge < -0.3 is 8.85 Å². The van der Waals surface area contributed by atoms with Crippen molar-refractivity contribution in [3.05, 3.63) is 12.7 Å². The second-order valence-corrected chi connectivity index (χ2v) is 12.2. The summed E-state index contributed by atoms with van der Waals surface area (Å²) in [4.78, 5) is 0. The topological polar surface area (TPSA) is 18.5 Å². The zero-order chi connectivity index (χ0) is 9.40. The molecule has 2 nitrogen and oxygen atoms in total. The van der Waals surface area contributed by atoms with E-state index >= 15 is 0 Å². The molecule has 0 saturated carbocycles. The Kier molecular flexibility index (Phi) is 8.26. The summed E-state index contributed by atoms with van der Waals surface area (Å²) in [5.74, 6) is 0. The van der Waals surface area contributed by atoms with E-state index in [1.807, 2.05) is 19.9 Å². The van der Waals surface area contributed by atoms with Gasteiger partial charge in [0.25, 0.3) is 0 Å². The number of hydrogen-bond donors (Lipinski definition) is 0. The van der Waals surface area contributed by atoms with Crippen LogP contribution in [0.5, 0.6) is 0 Å². The molecule has 0 aromatic heterocycles. The van der Waals surface area contributed by atoms with E-state index in [1.165, 1.54) is 0 Å². The monoisotopic (exact) mass is 224 g/mol. The molecular weight excluding hydrogens is 208 g/mol. The lowest BCUT2D eigenvalue weighted by molar-refractivity contribution is 0.230. The quantitative estimate of drug-likeness (QED) is 0.371. The Morgan fingerprint density at radius 3 is 2.17 bits per heavy atom. The van der Waals surface area contributed by atoms with E-state index in [4.69, 9.17) is 19.9 Å². The summed E-state index contributed by atoms with van der Waals surface area (Å²) in [6.07, 6.45) is 1.86. The first-order valence-electron chi connectivity index (χ1n) is 4.24. The van der Waals surface area contributed by atoms with Gasteiger partial charge in [0, 0.05) is 13.2 Å². The SMILES string of the molecule is C=CC[SiH](Cl)[SiH](OCC)OCC. The number of halogens is 1. The molecule has 0 saturated heterocycles. The van der Waals surface area contributed by atoms with Gasteiger partial charge in [0.15, 0.2) is 7.62 Å². The van der Waals surface area contributed by atoms with Crippen molar-refractivity contribution in [2.45, 2.75) is 19.9 Å². The zero-order valence-corrected chi connectivity index (χ0v) is 10.8. The van der Waals surface area contributed by atoms with E-state index in [0.29, 0.717) is 13.2 Å². The molecule has 0 aliphatic carbocycles. The van der Waals surface area contributed by atoms with Crippen LogP contribution in [-0.4, -0.2) is 29.6 Å². The third kappa shape index (κ3) is 5.10. The minimum atomic E-state index is -1.51. The second kappa shape index (κ2) is 8.00. The molecule has 0 bridgehead atoms. The van der Waals surface area contributed by atoms with Crippen LogP contribution in [0.2, 0.25) is 6.04 Å². The van der Waals surface area contributed by atoms with Crippen molar-refractivity contribution in [2.24, 2.45) is 0 Å². The van der Waals surface area contributed by atoms with Crippen molar-refractivity contribution < 1.29 is 8.85 Å². The van der Waals surface area contributed by atoms with Crippen LogP contribution in [0.25, 0.3) is 0 Å². The molecule has 1 unspecified atom stereocenters. The van der Waals surface area contributed by atoms with E-state index in [9.17, 15) is 0 Å². The molecule has 0 radical (unpaired) electrons. The largest absolute Gasteiger partial charge is 0.399 e. The van der Waals surface area contributed by atoms with Gasteiger partial charge in [-0.25, -0.2) is 0 Å². The van der Waals surface area contributed by atoms with Crippen LogP contribution in [0.15, 0.2) is 12.7 Å². The highest BCUT2D eigenvalue weighted by atomic mass is 35.6. The van der Waals surface area contributed by atoms with Crippen molar-refractivity contribution in [1.82, 2.24) is 0 Å². The molecule has 0 aromatic carbocycles. The van der Waals surface area contributed by atoms with Crippen LogP contribution in [0.3, 0.4) is 0 Å². The summed E-state index contributed by atoms with van der Waals surface area (Å²) in [5.41, 5.74) is 0. The lowest BCUT2D eigenvalue weighted by Crippen LogP contribution is -2.37. The number of hydrogen-bond acceptors (Lipinski definition) is 2. The first-order valence-corrected chi connectivity index (χ1v) is 10.4. The van der Waals surface area contributed by atoms with Crippen molar-refractivity contribution in [3.63, 3.8) is 0 Å². The Hall–Kier alpha value is 0.384. The van der Waals surface area contributed by atoms with E-state index in [1.54, 1.807) is 0 Å². The number of rotatable bonds is 7. The normalized spacial score (nSPS) is 13.3. The third-order valence-electron chi connectivity index (χ3n) is 1.35. The van der Waals surface area contributed by atoms with Gasteiger partial charge in [-0.3, -0.25) is 0 Å². The Labute approximate surface area is 82.5 Å². The summed E-state index contributed by atoms with van der Waals surface area (Å²) in [5, 5.41) is 0. The fraction of sp³-hybridized carbons (Fsp3) is 0.714. The van der Waals surface area contributed by atoms with Crippen molar-refractivity contribution in [2.75, 3.05) is 13.2 Å². The molecule has 5 heteroatoms. The molecule has 12 heavy (non-hydrogen) atoms. The summed E-state index contributed by atoms with van der Waals surface area (Å²) in [6, 6.07) is 0.901. The van der Waals surface area contributed by atoms with Gasteiger partial charge >= 0.3 is 8.80 Å². The maximum Gasteiger partial charge on any atom is 0.316 e. The van der Waals surface area contributed by atoms with Crippen LogP contribution in [0.4, 0.5) is 0 Å². The zero-order valence-electron chi connectivity index (χ0n) is 7.75. The van der Waals surface area contributed by atoms with Crippen LogP contribution >= 0.6 is 11.1 Å². The van der Waals surface area contributed by atoms with Crippen LogP contribution in [-0.2, 0) is 8.85 Å². The smallest absolute Gasteiger partial charge is 0.316 e. The Morgan fingerprint density at radius 2 is 1.83 bits per heavy atom. The lowest BCUT2D eigenvalue weighted by Gasteiger charge is -2.17. The highest BCUT2D eigenvalue weighted by Gasteiger charge is 2.24.